The summed E-state index contributed by atoms with van der Waals surface area (Å²) in [5.74, 6) is 1.85. The summed E-state index contributed by atoms with van der Waals surface area (Å²) in [5.41, 5.74) is 2.60. The molecule has 0 radical (unpaired) electrons. The number of unbranched alkanes of at least 4 members (excludes halogenated alkanes) is 1. The molecule has 3 aromatic carbocycles. The Labute approximate surface area is 247 Å². The SMILES string of the molecule is COc1cc2c(cc1OC)[C@H]1C[C@@H](O)[C@H](CCCCO[Si](c3ccccc3)(c3ccccc3)C(C)(C)C)CN1CC2. The number of aliphatic hydroxyl groups is 1. The molecule has 2 aliphatic heterocycles. The van der Waals surface area contributed by atoms with Gasteiger partial charge in [-0.1, -0.05) is 87.9 Å². The van der Waals surface area contributed by atoms with E-state index in [0.29, 0.717) is 5.92 Å². The Morgan fingerprint density at radius 2 is 1.49 bits per heavy atom. The lowest BCUT2D eigenvalue weighted by molar-refractivity contribution is -0.0160. The number of fused-ring (bicyclic) bond motifs is 3. The zero-order valence-electron chi connectivity index (χ0n) is 25.4. The van der Waals surface area contributed by atoms with Gasteiger partial charge in [-0.15, -0.1) is 0 Å². The Bertz CT molecular complexity index is 1240. The number of ether oxygens (including phenoxy) is 2. The van der Waals surface area contributed by atoms with Crippen molar-refractivity contribution in [1.29, 1.82) is 0 Å². The van der Waals surface area contributed by atoms with E-state index in [1.54, 1.807) is 14.2 Å². The van der Waals surface area contributed by atoms with E-state index in [1.807, 2.05) is 0 Å². The highest BCUT2D eigenvalue weighted by Gasteiger charge is 2.50. The topological polar surface area (TPSA) is 51.2 Å². The lowest BCUT2D eigenvalue weighted by atomic mass is 9.80. The van der Waals surface area contributed by atoms with Crippen LogP contribution in [-0.2, 0) is 10.8 Å². The molecule has 41 heavy (non-hydrogen) atoms. The van der Waals surface area contributed by atoms with Crippen molar-refractivity contribution >= 4 is 18.7 Å². The zero-order valence-corrected chi connectivity index (χ0v) is 26.4. The van der Waals surface area contributed by atoms with Crippen LogP contribution in [0.5, 0.6) is 11.5 Å². The number of aliphatic hydroxyl groups excluding tert-OH is 1. The second kappa shape index (κ2) is 12.7. The number of hydrogen-bond donors (Lipinski definition) is 1. The fourth-order valence-electron chi connectivity index (χ4n) is 7.20. The van der Waals surface area contributed by atoms with Gasteiger partial charge in [-0.3, -0.25) is 4.90 Å². The van der Waals surface area contributed by atoms with Gasteiger partial charge in [0, 0.05) is 25.7 Å². The smallest absolute Gasteiger partial charge is 0.261 e. The standard InChI is InChI=1S/C35H47NO4Si/c1-35(2,3)41(28-15-8-6-9-16-28,29-17-10-7-11-18-29)40-21-13-12-14-27-25-36-20-19-26-22-33(38-4)34(39-5)23-30(26)31(36)24-32(27)37/h6-11,15-18,22-23,27,31-32,37H,12-14,19-21,24-25H2,1-5H3/t27-,31-,32-/m1/s1. The van der Waals surface area contributed by atoms with Gasteiger partial charge in [0.1, 0.15) is 0 Å². The van der Waals surface area contributed by atoms with Gasteiger partial charge in [-0.05, 0) is 70.3 Å². The fraction of sp³-hybridized carbons (Fsp3) is 0.486. The van der Waals surface area contributed by atoms with Crippen LogP contribution in [0.15, 0.2) is 72.8 Å². The molecule has 0 unspecified atom stereocenters. The lowest BCUT2D eigenvalue weighted by Gasteiger charge is -2.46. The third kappa shape index (κ3) is 5.98. The molecule has 0 amide bonds. The minimum atomic E-state index is -2.50. The van der Waals surface area contributed by atoms with Crippen LogP contribution in [-0.4, -0.2) is 58.3 Å². The highest BCUT2D eigenvalue weighted by atomic mass is 28.4. The lowest BCUT2D eigenvalue weighted by Crippen LogP contribution is -2.66. The summed E-state index contributed by atoms with van der Waals surface area (Å²) in [5, 5.41) is 13.9. The van der Waals surface area contributed by atoms with E-state index >= 15 is 0 Å². The summed E-state index contributed by atoms with van der Waals surface area (Å²) in [7, 11) is 0.876. The predicted molar refractivity (Wildman–Crippen MR) is 169 cm³/mol. The van der Waals surface area contributed by atoms with Crippen molar-refractivity contribution in [3.8, 4) is 11.5 Å². The molecular weight excluding hydrogens is 526 g/mol. The number of methoxy groups -OCH3 is 2. The van der Waals surface area contributed by atoms with Crippen LogP contribution in [0.25, 0.3) is 0 Å². The molecule has 3 atom stereocenters. The third-order valence-electron chi connectivity index (χ3n) is 9.30. The van der Waals surface area contributed by atoms with Crippen molar-refractivity contribution in [2.24, 2.45) is 5.92 Å². The summed E-state index contributed by atoms with van der Waals surface area (Å²) in [6.45, 7) is 9.68. The van der Waals surface area contributed by atoms with Crippen molar-refractivity contribution in [2.75, 3.05) is 33.9 Å². The maximum absolute atomic E-state index is 11.2. The quantitative estimate of drug-likeness (QED) is 0.248. The first-order valence-electron chi connectivity index (χ1n) is 15.2. The van der Waals surface area contributed by atoms with Crippen LogP contribution in [0.3, 0.4) is 0 Å². The Kier molecular flexibility index (Phi) is 9.24. The van der Waals surface area contributed by atoms with Gasteiger partial charge in [0.05, 0.1) is 20.3 Å². The molecule has 0 aliphatic carbocycles. The summed E-state index contributed by atoms with van der Waals surface area (Å²) in [4.78, 5) is 2.57. The summed E-state index contributed by atoms with van der Waals surface area (Å²) in [6, 6.07) is 26.2. The predicted octanol–water partition coefficient (Wildman–Crippen LogP) is 5.73. The Morgan fingerprint density at radius 3 is 2.07 bits per heavy atom. The van der Waals surface area contributed by atoms with Crippen LogP contribution in [0.1, 0.15) is 63.6 Å². The molecule has 5 rings (SSSR count). The molecule has 1 N–H and O–H groups in total. The number of benzene rings is 3. The average Bonchev–Trinajstić information content (AvgIpc) is 2.98. The first-order chi connectivity index (χ1) is 19.8. The molecule has 5 nitrogen and oxygen atoms in total. The highest BCUT2D eigenvalue weighted by molar-refractivity contribution is 6.99. The molecule has 1 saturated heterocycles. The Hall–Kier alpha value is -2.64. The maximum Gasteiger partial charge on any atom is 0.261 e. The molecule has 0 bridgehead atoms. The zero-order chi connectivity index (χ0) is 29.0. The van der Waals surface area contributed by atoms with Crippen LogP contribution in [0.2, 0.25) is 5.04 Å². The average molecular weight is 574 g/mol. The van der Waals surface area contributed by atoms with Gasteiger partial charge in [0.2, 0.25) is 0 Å². The fourth-order valence-corrected chi connectivity index (χ4v) is 11.8. The number of nitrogens with zero attached hydrogens (tertiary/aromatic N) is 1. The summed E-state index contributed by atoms with van der Waals surface area (Å²) in [6.07, 6.45) is 4.55. The van der Waals surface area contributed by atoms with Crippen LogP contribution in [0, 0.1) is 5.92 Å². The molecule has 0 saturated carbocycles. The molecular formula is C35H47NO4Si. The first kappa shape index (κ1) is 29.8. The van der Waals surface area contributed by atoms with E-state index in [-0.39, 0.29) is 17.2 Å². The van der Waals surface area contributed by atoms with Crippen molar-refractivity contribution in [3.05, 3.63) is 83.9 Å². The van der Waals surface area contributed by atoms with Crippen molar-refractivity contribution in [2.45, 2.75) is 70.1 Å². The van der Waals surface area contributed by atoms with Crippen LogP contribution in [0.4, 0.5) is 0 Å². The Morgan fingerprint density at radius 1 is 0.878 bits per heavy atom. The molecule has 220 valence electrons. The molecule has 6 heteroatoms. The number of piperidine rings is 1. The van der Waals surface area contributed by atoms with Crippen LogP contribution >= 0.6 is 0 Å². The second-order valence-electron chi connectivity index (χ2n) is 12.7. The third-order valence-corrected chi connectivity index (χ3v) is 14.3. The van der Waals surface area contributed by atoms with E-state index in [2.05, 4.69) is 98.5 Å². The molecule has 3 aromatic rings. The normalized spacial score (nSPS) is 21.2. The van der Waals surface area contributed by atoms with Gasteiger partial charge in [0.15, 0.2) is 11.5 Å². The summed E-state index contributed by atoms with van der Waals surface area (Å²) < 4.78 is 18.2. The molecule has 2 heterocycles. The van der Waals surface area contributed by atoms with E-state index in [0.717, 1.165) is 63.3 Å². The minimum absolute atomic E-state index is 0.0124. The van der Waals surface area contributed by atoms with Crippen molar-refractivity contribution in [3.63, 3.8) is 0 Å². The van der Waals surface area contributed by atoms with E-state index in [4.69, 9.17) is 13.9 Å². The van der Waals surface area contributed by atoms with E-state index in [9.17, 15) is 5.11 Å². The van der Waals surface area contributed by atoms with E-state index in [1.165, 1.54) is 21.5 Å². The summed E-state index contributed by atoms with van der Waals surface area (Å²) >= 11 is 0. The van der Waals surface area contributed by atoms with Crippen molar-refractivity contribution < 1.29 is 19.0 Å². The van der Waals surface area contributed by atoms with Crippen LogP contribution < -0.4 is 19.8 Å². The van der Waals surface area contributed by atoms with Gasteiger partial charge in [-0.2, -0.15) is 0 Å². The minimum Gasteiger partial charge on any atom is -0.493 e. The highest BCUT2D eigenvalue weighted by Crippen LogP contribution is 2.43. The maximum atomic E-state index is 11.2. The van der Waals surface area contributed by atoms with Gasteiger partial charge >= 0.3 is 0 Å². The van der Waals surface area contributed by atoms with Gasteiger partial charge in [-0.25, -0.2) is 0 Å². The molecule has 2 aliphatic rings. The van der Waals surface area contributed by atoms with Gasteiger partial charge < -0.3 is 19.0 Å². The monoisotopic (exact) mass is 573 g/mol. The number of rotatable bonds is 10. The first-order valence-corrected chi connectivity index (χ1v) is 17.1. The molecule has 0 spiro atoms. The van der Waals surface area contributed by atoms with E-state index < -0.39 is 8.32 Å². The van der Waals surface area contributed by atoms with Crippen molar-refractivity contribution in [1.82, 2.24) is 4.90 Å². The second-order valence-corrected chi connectivity index (χ2v) is 17.0. The molecule has 1 fully saturated rings. The number of hydrogen-bond acceptors (Lipinski definition) is 5. The Balaban J connectivity index is 1.22. The van der Waals surface area contributed by atoms with Gasteiger partial charge in [0.25, 0.3) is 8.32 Å². The molecule has 0 aromatic heterocycles. The largest absolute Gasteiger partial charge is 0.493 e.